The van der Waals surface area contributed by atoms with Crippen LogP contribution in [-0.4, -0.2) is 10.2 Å². The smallest absolute Gasteiger partial charge is 0.126 e. The Balaban J connectivity index is 1.53. The fraction of sp³-hybridized carbons (Fsp3) is 0.385. The Kier molecular flexibility index (Phi) is 7.93. The second-order valence-corrected chi connectivity index (χ2v) is 13.0. The molecule has 0 saturated heterocycles. The first-order valence-corrected chi connectivity index (χ1v) is 15.8. The maximum Gasteiger partial charge on any atom is 0.126 e. The van der Waals surface area contributed by atoms with Crippen LogP contribution >= 0.6 is 0 Å². The molecule has 41 heavy (non-hydrogen) atoms. The zero-order valence-corrected chi connectivity index (χ0v) is 24.7. The minimum atomic E-state index is -0.332. The third kappa shape index (κ3) is 5.54. The molecule has 4 aromatic carbocycles. The molecule has 0 aromatic heterocycles. The fourth-order valence-electron chi connectivity index (χ4n) is 7.33. The van der Waals surface area contributed by atoms with Crippen LogP contribution in [-0.2, 0) is 5.41 Å². The van der Waals surface area contributed by atoms with E-state index in [2.05, 4.69) is 86.6 Å². The Morgan fingerprint density at radius 1 is 0.512 bits per heavy atom. The number of rotatable bonds is 6. The predicted octanol–water partition coefficient (Wildman–Crippen LogP) is 10.9. The van der Waals surface area contributed by atoms with E-state index in [4.69, 9.17) is 0 Å². The summed E-state index contributed by atoms with van der Waals surface area (Å²) in [6, 6.07) is 29.7. The monoisotopic (exact) mass is 544 g/mol. The van der Waals surface area contributed by atoms with Crippen LogP contribution in [0.1, 0.15) is 112 Å². The van der Waals surface area contributed by atoms with E-state index in [0.29, 0.717) is 23.3 Å². The zero-order valence-electron chi connectivity index (χ0n) is 24.7. The maximum absolute atomic E-state index is 11.7. The molecule has 2 N–H and O–H groups in total. The van der Waals surface area contributed by atoms with Crippen LogP contribution in [0.3, 0.4) is 0 Å². The average molecular weight is 545 g/mol. The number of benzene rings is 4. The molecule has 0 radical (unpaired) electrons. The maximum atomic E-state index is 11.7. The van der Waals surface area contributed by atoms with Gasteiger partial charge in [0.1, 0.15) is 11.5 Å². The molecule has 2 aliphatic rings. The first kappa shape index (κ1) is 27.6. The molecule has 6 rings (SSSR count). The van der Waals surface area contributed by atoms with Gasteiger partial charge in [0, 0.05) is 16.5 Å². The van der Waals surface area contributed by atoms with Crippen molar-refractivity contribution in [1.29, 1.82) is 0 Å². The molecule has 0 aliphatic heterocycles. The lowest BCUT2D eigenvalue weighted by molar-refractivity contribution is 0.413. The molecule has 0 bridgehead atoms. The summed E-state index contributed by atoms with van der Waals surface area (Å²) < 4.78 is 0. The van der Waals surface area contributed by atoms with Crippen molar-refractivity contribution in [2.75, 3.05) is 0 Å². The SMILES string of the molecule is CC(C)(c1cc(-c2ccccc2)c(O)c(C2CCCCC2)c1)c1cc(-c2ccccc2)c(O)c(C2CCCCC2)c1. The summed E-state index contributed by atoms with van der Waals surface area (Å²) in [6.07, 6.45) is 12.0. The van der Waals surface area contributed by atoms with Gasteiger partial charge in [-0.2, -0.15) is 0 Å². The molecule has 0 atom stereocenters. The average Bonchev–Trinajstić information content (AvgIpc) is 3.03. The molecule has 4 aromatic rings. The molecule has 2 fully saturated rings. The van der Waals surface area contributed by atoms with Crippen LogP contribution in [0.25, 0.3) is 22.3 Å². The molecule has 0 heterocycles. The summed E-state index contributed by atoms with van der Waals surface area (Å²) in [5.41, 5.74) is 8.26. The van der Waals surface area contributed by atoms with E-state index in [0.717, 1.165) is 59.1 Å². The highest BCUT2D eigenvalue weighted by atomic mass is 16.3. The fourth-order valence-corrected chi connectivity index (χ4v) is 7.33. The van der Waals surface area contributed by atoms with Gasteiger partial charge < -0.3 is 10.2 Å². The topological polar surface area (TPSA) is 40.5 Å². The molecule has 2 aliphatic carbocycles. The first-order valence-electron chi connectivity index (χ1n) is 15.8. The van der Waals surface area contributed by atoms with Crippen molar-refractivity contribution in [3.8, 4) is 33.8 Å². The Morgan fingerprint density at radius 2 is 0.878 bits per heavy atom. The van der Waals surface area contributed by atoms with Gasteiger partial charge >= 0.3 is 0 Å². The highest BCUT2D eigenvalue weighted by Crippen LogP contribution is 2.48. The number of aromatic hydroxyl groups is 2. The number of hydrogen-bond donors (Lipinski definition) is 2. The zero-order chi connectivity index (χ0) is 28.4. The van der Waals surface area contributed by atoms with Crippen molar-refractivity contribution in [2.24, 2.45) is 0 Å². The number of phenols is 2. The Labute approximate surface area is 246 Å². The highest BCUT2D eigenvalue weighted by molar-refractivity contribution is 5.76. The third-order valence-electron chi connectivity index (χ3n) is 9.98. The van der Waals surface area contributed by atoms with Crippen LogP contribution in [0.4, 0.5) is 0 Å². The molecular weight excluding hydrogens is 500 g/mol. The molecule has 2 nitrogen and oxygen atoms in total. The van der Waals surface area contributed by atoms with Crippen LogP contribution in [0.2, 0.25) is 0 Å². The standard InChI is InChI=1S/C39H44O2/c1-39(2,31-23-33(27-15-7-3-8-16-27)37(40)34(24-31)28-17-9-4-10-18-28)32-25-35(29-19-11-5-12-20-29)38(41)36(26-32)30-21-13-6-14-22-30/h3,5,7-8,11-12,15-16,19-20,23-26,28,30,40-41H,4,6,9-10,13-14,17-18,21-22H2,1-2H3. The lowest BCUT2D eigenvalue weighted by atomic mass is 9.72. The second-order valence-electron chi connectivity index (χ2n) is 13.0. The van der Waals surface area contributed by atoms with Gasteiger partial charge in [-0.15, -0.1) is 0 Å². The van der Waals surface area contributed by atoms with Crippen molar-refractivity contribution in [3.05, 3.63) is 107 Å². The molecule has 2 saturated carbocycles. The number of phenolic OH excluding ortho intramolecular Hbond substituents is 2. The Hall–Kier alpha value is -3.52. The van der Waals surface area contributed by atoms with E-state index in [1.54, 1.807) is 0 Å². The molecule has 0 spiro atoms. The second kappa shape index (κ2) is 11.8. The van der Waals surface area contributed by atoms with Crippen LogP contribution < -0.4 is 0 Å². The summed E-state index contributed by atoms with van der Waals surface area (Å²) in [4.78, 5) is 0. The lowest BCUT2D eigenvalue weighted by Gasteiger charge is -2.32. The quantitative estimate of drug-likeness (QED) is 0.253. The van der Waals surface area contributed by atoms with Gasteiger partial charge in [-0.25, -0.2) is 0 Å². The van der Waals surface area contributed by atoms with E-state index in [9.17, 15) is 10.2 Å². The van der Waals surface area contributed by atoms with E-state index >= 15 is 0 Å². The van der Waals surface area contributed by atoms with E-state index in [1.165, 1.54) is 49.7 Å². The summed E-state index contributed by atoms with van der Waals surface area (Å²) in [6.45, 7) is 4.62. The van der Waals surface area contributed by atoms with Gasteiger partial charge in [0.2, 0.25) is 0 Å². The molecule has 0 unspecified atom stereocenters. The Morgan fingerprint density at radius 3 is 1.24 bits per heavy atom. The lowest BCUT2D eigenvalue weighted by Crippen LogP contribution is -2.21. The van der Waals surface area contributed by atoms with E-state index in [1.807, 2.05) is 12.1 Å². The van der Waals surface area contributed by atoms with Crippen LogP contribution in [0, 0.1) is 0 Å². The van der Waals surface area contributed by atoms with Gasteiger partial charge in [0.25, 0.3) is 0 Å². The Bertz CT molecular complexity index is 1360. The summed E-state index contributed by atoms with van der Waals surface area (Å²) >= 11 is 0. The molecule has 2 heteroatoms. The highest BCUT2D eigenvalue weighted by Gasteiger charge is 2.31. The normalized spacial score (nSPS) is 17.0. The van der Waals surface area contributed by atoms with E-state index < -0.39 is 0 Å². The van der Waals surface area contributed by atoms with Gasteiger partial charge in [0.15, 0.2) is 0 Å². The van der Waals surface area contributed by atoms with E-state index in [-0.39, 0.29) is 5.41 Å². The van der Waals surface area contributed by atoms with Crippen molar-refractivity contribution < 1.29 is 10.2 Å². The van der Waals surface area contributed by atoms with Crippen molar-refractivity contribution in [2.45, 2.75) is 95.3 Å². The molecule has 212 valence electrons. The van der Waals surface area contributed by atoms with Crippen LogP contribution in [0.15, 0.2) is 84.9 Å². The minimum Gasteiger partial charge on any atom is -0.507 e. The van der Waals surface area contributed by atoms with Gasteiger partial charge in [-0.3, -0.25) is 0 Å². The predicted molar refractivity (Wildman–Crippen MR) is 171 cm³/mol. The number of hydrogen-bond acceptors (Lipinski definition) is 2. The first-order chi connectivity index (χ1) is 19.9. The van der Waals surface area contributed by atoms with Crippen molar-refractivity contribution >= 4 is 0 Å². The summed E-state index contributed by atoms with van der Waals surface area (Å²) in [7, 11) is 0. The van der Waals surface area contributed by atoms with Gasteiger partial charge in [-0.1, -0.05) is 125 Å². The van der Waals surface area contributed by atoms with Crippen LogP contribution in [0.5, 0.6) is 11.5 Å². The largest absolute Gasteiger partial charge is 0.507 e. The third-order valence-corrected chi connectivity index (χ3v) is 9.98. The summed E-state index contributed by atoms with van der Waals surface area (Å²) in [5.74, 6) is 1.67. The minimum absolute atomic E-state index is 0.332. The van der Waals surface area contributed by atoms with Crippen molar-refractivity contribution in [1.82, 2.24) is 0 Å². The summed E-state index contributed by atoms with van der Waals surface area (Å²) in [5, 5.41) is 23.3. The van der Waals surface area contributed by atoms with Crippen molar-refractivity contribution in [3.63, 3.8) is 0 Å². The molecular formula is C39H44O2. The molecule has 0 amide bonds. The van der Waals surface area contributed by atoms with Gasteiger partial charge in [0.05, 0.1) is 0 Å². The van der Waals surface area contributed by atoms with Gasteiger partial charge in [-0.05, 0) is 83.0 Å².